The number of carbonyl (C=O) groups is 4. The van der Waals surface area contributed by atoms with Crippen molar-refractivity contribution in [2.24, 2.45) is 0 Å². The molecule has 0 aromatic heterocycles. The number of halogens is 1. The largest absolute Gasteiger partial charge is 0.462 e. The highest BCUT2D eigenvalue weighted by atomic mass is 35.5. The lowest BCUT2D eigenvalue weighted by molar-refractivity contribution is -0.120. The minimum atomic E-state index is -0.693. The molecule has 0 radical (unpaired) electrons. The van der Waals surface area contributed by atoms with Gasteiger partial charge in [0.05, 0.1) is 17.9 Å². The molecule has 0 atom stereocenters. The molecule has 0 spiro atoms. The van der Waals surface area contributed by atoms with E-state index in [9.17, 15) is 19.2 Å². The number of imide groups is 1. The highest BCUT2D eigenvalue weighted by Gasteiger charge is 2.39. The molecule has 3 aromatic rings. The summed E-state index contributed by atoms with van der Waals surface area (Å²) in [5, 5.41) is 5.38. The third kappa shape index (κ3) is 5.07. The van der Waals surface area contributed by atoms with Crippen LogP contribution in [0.3, 0.4) is 0 Å². The van der Waals surface area contributed by atoms with Gasteiger partial charge in [0.15, 0.2) is 0 Å². The van der Waals surface area contributed by atoms with Gasteiger partial charge in [0.2, 0.25) is 0 Å². The van der Waals surface area contributed by atoms with E-state index >= 15 is 0 Å². The number of hydrogen-bond donors (Lipinski definition) is 2. The van der Waals surface area contributed by atoms with Crippen molar-refractivity contribution >= 4 is 52.4 Å². The molecule has 1 aliphatic rings. The van der Waals surface area contributed by atoms with E-state index in [-0.39, 0.29) is 28.9 Å². The minimum Gasteiger partial charge on any atom is -0.462 e. The topological polar surface area (TPSA) is 105 Å². The van der Waals surface area contributed by atoms with Gasteiger partial charge in [-0.2, -0.15) is 0 Å². The van der Waals surface area contributed by atoms with Gasteiger partial charge in [-0.05, 0) is 67.6 Å². The van der Waals surface area contributed by atoms with Gasteiger partial charge >= 0.3 is 5.97 Å². The first-order valence-electron chi connectivity index (χ1n) is 10.7. The van der Waals surface area contributed by atoms with Crippen LogP contribution in [0.15, 0.2) is 89.6 Å². The molecule has 3 amide bonds. The van der Waals surface area contributed by atoms with Crippen molar-refractivity contribution in [3.05, 3.63) is 101 Å². The van der Waals surface area contributed by atoms with E-state index in [1.54, 1.807) is 43.3 Å². The fourth-order valence-electron chi connectivity index (χ4n) is 3.38. The highest BCUT2D eigenvalue weighted by molar-refractivity contribution is 6.53. The quantitative estimate of drug-likeness (QED) is 0.372. The molecule has 8 nitrogen and oxygen atoms in total. The molecule has 35 heavy (non-hydrogen) atoms. The molecular formula is C26H20ClN3O5. The van der Waals surface area contributed by atoms with Crippen LogP contribution in [0.25, 0.3) is 0 Å². The number of benzene rings is 3. The summed E-state index contributed by atoms with van der Waals surface area (Å²) in [4.78, 5) is 50.8. The summed E-state index contributed by atoms with van der Waals surface area (Å²) < 4.78 is 4.94. The molecule has 0 saturated carbocycles. The summed E-state index contributed by atoms with van der Waals surface area (Å²) in [6.07, 6.45) is 0. The van der Waals surface area contributed by atoms with Crippen LogP contribution in [-0.2, 0) is 14.3 Å². The average molecular weight is 490 g/mol. The van der Waals surface area contributed by atoms with Gasteiger partial charge in [-0.15, -0.1) is 0 Å². The van der Waals surface area contributed by atoms with E-state index < -0.39 is 17.8 Å². The molecule has 4 rings (SSSR count). The Morgan fingerprint density at radius 3 is 2.09 bits per heavy atom. The minimum absolute atomic E-state index is 0.0902. The number of ether oxygens (including phenoxy) is 1. The zero-order valence-corrected chi connectivity index (χ0v) is 19.3. The van der Waals surface area contributed by atoms with Crippen LogP contribution in [-0.4, -0.2) is 30.3 Å². The number of amides is 3. The van der Waals surface area contributed by atoms with Crippen LogP contribution < -0.4 is 15.5 Å². The Hall–Kier alpha value is -4.43. The lowest BCUT2D eigenvalue weighted by Gasteiger charge is -2.15. The smallest absolute Gasteiger partial charge is 0.338 e. The molecule has 0 fully saturated rings. The SMILES string of the molecule is CCOC(=O)c1ccc(N2C(=O)C(Cl)=C(Nc3ccc(C(=O)Nc4ccccc4)cc3)C2=O)cc1. The van der Waals surface area contributed by atoms with Gasteiger partial charge in [-0.3, -0.25) is 14.4 Å². The normalized spacial score (nSPS) is 13.1. The van der Waals surface area contributed by atoms with E-state index in [4.69, 9.17) is 16.3 Å². The lowest BCUT2D eigenvalue weighted by atomic mass is 10.2. The molecule has 1 aliphatic heterocycles. The molecular weight excluding hydrogens is 470 g/mol. The maximum absolute atomic E-state index is 13.0. The van der Waals surface area contributed by atoms with Crippen molar-refractivity contribution in [1.82, 2.24) is 0 Å². The highest BCUT2D eigenvalue weighted by Crippen LogP contribution is 2.30. The number of para-hydroxylation sites is 1. The van der Waals surface area contributed by atoms with Crippen LogP contribution in [0.1, 0.15) is 27.6 Å². The summed E-state index contributed by atoms with van der Waals surface area (Å²) in [6.45, 7) is 1.93. The van der Waals surface area contributed by atoms with E-state index in [1.807, 2.05) is 18.2 Å². The molecule has 0 bridgehead atoms. The van der Waals surface area contributed by atoms with Gasteiger partial charge in [0, 0.05) is 16.9 Å². The van der Waals surface area contributed by atoms with Crippen molar-refractivity contribution in [2.45, 2.75) is 6.92 Å². The number of rotatable bonds is 7. The molecule has 0 unspecified atom stereocenters. The standard InChI is InChI=1S/C26H20ClN3O5/c1-2-35-26(34)17-10-14-20(15-11-17)30-24(32)21(27)22(25(30)33)28-19-12-8-16(9-13-19)23(31)29-18-6-4-3-5-7-18/h3-15,28H,2H2,1H3,(H,29,31). The first kappa shape index (κ1) is 23.7. The Kier molecular flexibility index (Phi) is 6.93. The number of nitrogens with zero attached hydrogens (tertiary/aromatic N) is 1. The monoisotopic (exact) mass is 489 g/mol. The van der Waals surface area contributed by atoms with Crippen molar-refractivity contribution in [3.63, 3.8) is 0 Å². The second-order valence-corrected chi connectivity index (χ2v) is 7.80. The molecule has 176 valence electrons. The Balaban J connectivity index is 1.46. The average Bonchev–Trinajstić information content (AvgIpc) is 3.08. The Morgan fingerprint density at radius 2 is 1.46 bits per heavy atom. The molecule has 1 heterocycles. The number of hydrogen-bond acceptors (Lipinski definition) is 6. The third-order valence-electron chi connectivity index (χ3n) is 5.11. The summed E-state index contributed by atoms with van der Waals surface area (Å²) in [5.74, 6) is -2.13. The third-order valence-corrected chi connectivity index (χ3v) is 5.46. The van der Waals surface area contributed by atoms with Crippen molar-refractivity contribution < 1.29 is 23.9 Å². The zero-order chi connectivity index (χ0) is 24.9. The molecule has 0 aliphatic carbocycles. The second-order valence-electron chi connectivity index (χ2n) is 7.42. The van der Waals surface area contributed by atoms with Gasteiger partial charge < -0.3 is 15.4 Å². The fourth-order valence-corrected chi connectivity index (χ4v) is 3.59. The summed E-state index contributed by atoms with van der Waals surface area (Å²) >= 11 is 6.18. The van der Waals surface area contributed by atoms with Crippen molar-refractivity contribution in [1.29, 1.82) is 0 Å². The molecule has 9 heteroatoms. The maximum atomic E-state index is 13.0. The van der Waals surface area contributed by atoms with E-state index in [1.165, 1.54) is 24.3 Å². The van der Waals surface area contributed by atoms with Crippen LogP contribution in [0.4, 0.5) is 17.1 Å². The van der Waals surface area contributed by atoms with E-state index in [0.29, 0.717) is 22.5 Å². The Labute approximate surface area is 206 Å². The van der Waals surface area contributed by atoms with Gasteiger partial charge in [-0.25, -0.2) is 9.69 Å². The van der Waals surface area contributed by atoms with Crippen LogP contribution in [0.2, 0.25) is 0 Å². The van der Waals surface area contributed by atoms with Crippen molar-refractivity contribution in [3.8, 4) is 0 Å². The first-order valence-corrected chi connectivity index (χ1v) is 11.1. The maximum Gasteiger partial charge on any atom is 0.338 e. The van der Waals surface area contributed by atoms with E-state index in [0.717, 1.165) is 4.90 Å². The number of anilines is 3. The number of carbonyl (C=O) groups excluding carboxylic acids is 4. The van der Waals surface area contributed by atoms with Crippen LogP contribution >= 0.6 is 11.6 Å². The number of nitrogens with one attached hydrogen (secondary N) is 2. The van der Waals surface area contributed by atoms with E-state index in [2.05, 4.69) is 10.6 Å². The van der Waals surface area contributed by atoms with Crippen LogP contribution in [0.5, 0.6) is 0 Å². The summed E-state index contributed by atoms with van der Waals surface area (Å²) in [7, 11) is 0. The van der Waals surface area contributed by atoms with Crippen LogP contribution in [0, 0.1) is 0 Å². The number of esters is 1. The summed E-state index contributed by atoms with van der Waals surface area (Å²) in [5.41, 5.74) is 2.01. The molecule has 2 N–H and O–H groups in total. The molecule has 0 saturated heterocycles. The fraction of sp³-hybridized carbons (Fsp3) is 0.0769. The lowest BCUT2D eigenvalue weighted by Crippen LogP contribution is -2.32. The van der Waals surface area contributed by atoms with Gasteiger partial charge in [0.1, 0.15) is 10.7 Å². The second kappa shape index (κ2) is 10.2. The predicted octanol–water partition coefficient (Wildman–Crippen LogP) is 4.55. The van der Waals surface area contributed by atoms with Gasteiger partial charge in [-0.1, -0.05) is 29.8 Å². The molecule has 3 aromatic carbocycles. The Bertz CT molecular complexity index is 1320. The first-order chi connectivity index (χ1) is 16.9. The summed E-state index contributed by atoms with van der Waals surface area (Å²) in [6, 6.07) is 21.3. The zero-order valence-electron chi connectivity index (χ0n) is 18.6. The Morgan fingerprint density at radius 1 is 0.829 bits per heavy atom. The van der Waals surface area contributed by atoms with Gasteiger partial charge in [0.25, 0.3) is 17.7 Å². The predicted molar refractivity (Wildman–Crippen MR) is 132 cm³/mol. The van der Waals surface area contributed by atoms with Crippen molar-refractivity contribution in [2.75, 3.05) is 22.1 Å².